The summed E-state index contributed by atoms with van der Waals surface area (Å²) in [5, 5.41) is 0. The van der Waals surface area contributed by atoms with E-state index in [1.54, 1.807) is 7.11 Å². The molecule has 1 fully saturated rings. The summed E-state index contributed by atoms with van der Waals surface area (Å²) in [6.45, 7) is 6.06. The van der Waals surface area contributed by atoms with Crippen molar-refractivity contribution in [2.45, 2.75) is 38.3 Å². The topological polar surface area (TPSA) is 51.4 Å². The SMILES string of the molecule is COC1(C)CCCN(c2ncccc2C(C)N)C1. The van der Waals surface area contributed by atoms with Crippen LogP contribution >= 0.6 is 0 Å². The molecule has 2 rings (SSSR count). The van der Waals surface area contributed by atoms with Gasteiger partial charge in [0.1, 0.15) is 5.82 Å². The summed E-state index contributed by atoms with van der Waals surface area (Å²) in [6.07, 6.45) is 4.06. The number of anilines is 1. The van der Waals surface area contributed by atoms with Crippen molar-refractivity contribution in [3.05, 3.63) is 23.9 Å². The van der Waals surface area contributed by atoms with Crippen LogP contribution in [0.2, 0.25) is 0 Å². The van der Waals surface area contributed by atoms with E-state index in [0.717, 1.165) is 37.3 Å². The van der Waals surface area contributed by atoms with Gasteiger partial charge in [-0.3, -0.25) is 0 Å². The molecule has 1 aromatic rings. The van der Waals surface area contributed by atoms with Crippen LogP contribution in [0.3, 0.4) is 0 Å². The molecule has 18 heavy (non-hydrogen) atoms. The van der Waals surface area contributed by atoms with Gasteiger partial charge in [-0.05, 0) is 32.8 Å². The van der Waals surface area contributed by atoms with Crippen LogP contribution in [0, 0.1) is 0 Å². The molecule has 0 aliphatic carbocycles. The van der Waals surface area contributed by atoms with E-state index in [-0.39, 0.29) is 11.6 Å². The minimum absolute atomic E-state index is 0.00410. The Morgan fingerprint density at radius 1 is 1.56 bits per heavy atom. The van der Waals surface area contributed by atoms with Gasteiger partial charge in [0.05, 0.1) is 5.60 Å². The van der Waals surface area contributed by atoms with Crippen molar-refractivity contribution in [1.82, 2.24) is 4.98 Å². The molecule has 2 atom stereocenters. The number of hydrogen-bond donors (Lipinski definition) is 1. The summed E-state index contributed by atoms with van der Waals surface area (Å²) < 4.78 is 5.63. The average molecular weight is 249 g/mol. The Morgan fingerprint density at radius 2 is 2.33 bits per heavy atom. The largest absolute Gasteiger partial charge is 0.377 e. The lowest BCUT2D eigenvalue weighted by Gasteiger charge is -2.40. The van der Waals surface area contributed by atoms with Crippen molar-refractivity contribution in [1.29, 1.82) is 0 Å². The first-order valence-corrected chi connectivity index (χ1v) is 6.56. The molecular formula is C14H23N3O. The van der Waals surface area contributed by atoms with E-state index in [4.69, 9.17) is 10.5 Å². The second-order valence-electron chi connectivity index (χ2n) is 5.38. The van der Waals surface area contributed by atoms with Crippen molar-refractivity contribution in [2.75, 3.05) is 25.1 Å². The van der Waals surface area contributed by atoms with Gasteiger partial charge in [0.15, 0.2) is 0 Å². The average Bonchev–Trinajstić information content (AvgIpc) is 2.39. The zero-order valence-electron chi connectivity index (χ0n) is 11.5. The van der Waals surface area contributed by atoms with E-state index in [1.165, 1.54) is 0 Å². The van der Waals surface area contributed by atoms with Crippen LogP contribution < -0.4 is 10.6 Å². The number of pyridine rings is 1. The summed E-state index contributed by atoms with van der Waals surface area (Å²) in [6, 6.07) is 4.01. The molecule has 4 nitrogen and oxygen atoms in total. The zero-order chi connectivity index (χ0) is 13.2. The Balaban J connectivity index is 2.26. The standard InChI is InChI=1S/C14H23N3O/c1-11(15)12-6-4-8-16-13(12)17-9-5-7-14(2,10-17)18-3/h4,6,8,11H,5,7,9-10,15H2,1-3H3. The highest BCUT2D eigenvalue weighted by Crippen LogP contribution is 2.30. The van der Waals surface area contributed by atoms with E-state index >= 15 is 0 Å². The van der Waals surface area contributed by atoms with Gasteiger partial charge in [-0.15, -0.1) is 0 Å². The second kappa shape index (κ2) is 5.24. The third-order valence-corrected chi connectivity index (χ3v) is 3.76. The maximum atomic E-state index is 6.02. The molecule has 0 bridgehead atoms. The molecular weight excluding hydrogens is 226 g/mol. The van der Waals surface area contributed by atoms with Crippen LogP contribution in [0.1, 0.15) is 38.3 Å². The Kier molecular flexibility index (Phi) is 3.88. The number of piperidine rings is 1. The molecule has 0 aromatic carbocycles. The maximum absolute atomic E-state index is 6.02. The van der Waals surface area contributed by atoms with E-state index in [2.05, 4.69) is 22.9 Å². The van der Waals surface area contributed by atoms with Crippen LogP contribution in [0.15, 0.2) is 18.3 Å². The van der Waals surface area contributed by atoms with Gasteiger partial charge in [0.2, 0.25) is 0 Å². The second-order valence-corrected chi connectivity index (χ2v) is 5.38. The monoisotopic (exact) mass is 249 g/mol. The molecule has 2 N–H and O–H groups in total. The smallest absolute Gasteiger partial charge is 0.133 e. The molecule has 2 unspecified atom stereocenters. The van der Waals surface area contributed by atoms with E-state index < -0.39 is 0 Å². The molecule has 4 heteroatoms. The molecule has 0 spiro atoms. The Hall–Kier alpha value is -1.13. The van der Waals surface area contributed by atoms with Gasteiger partial charge in [-0.25, -0.2) is 4.98 Å². The highest BCUT2D eigenvalue weighted by molar-refractivity contribution is 5.49. The lowest BCUT2D eigenvalue weighted by Crippen LogP contribution is -2.48. The van der Waals surface area contributed by atoms with Crippen molar-refractivity contribution < 1.29 is 4.74 Å². The lowest BCUT2D eigenvalue weighted by atomic mass is 9.94. The zero-order valence-corrected chi connectivity index (χ0v) is 11.5. The molecule has 100 valence electrons. The van der Waals surface area contributed by atoms with Crippen molar-refractivity contribution in [3.63, 3.8) is 0 Å². The van der Waals surface area contributed by atoms with Gasteiger partial charge in [0.25, 0.3) is 0 Å². The number of nitrogens with two attached hydrogens (primary N) is 1. The predicted octanol–water partition coefficient (Wildman–Crippen LogP) is 2.11. The summed E-state index contributed by atoms with van der Waals surface area (Å²) in [5.41, 5.74) is 7.05. The third kappa shape index (κ3) is 2.65. The molecule has 1 aromatic heterocycles. The Morgan fingerprint density at radius 3 is 3.00 bits per heavy atom. The van der Waals surface area contributed by atoms with Gasteiger partial charge in [-0.1, -0.05) is 6.07 Å². The number of methoxy groups -OCH3 is 1. The first-order valence-electron chi connectivity index (χ1n) is 6.56. The quantitative estimate of drug-likeness (QED) is 0.891. The number of ether oxygens (including phenoxy) is 1. The van der Waals surface area contributed by atoms with E-state index in [9.17, 15) is 0 Å². The minimum Gasteiger partial charge on any atom is -0.377 e. The van der Waals surface area contributed by atoms with Gasteiger partial charge < -0.3 is 15.4 Å². The fourth-order valence-electron chi connectivity index (χ4n) is 2.58. The third-order valence-electron chi connectivity index (χ3n) is 3.76. The molecule has 0 radical (unpaired) electrons. The number of aromatic nitrogens is 1. The summed E-state index contributed by atoms with van der Waals surface area (Å²) >= 11 is 0. The summed E-state index contributed by atoms with van der Waals surface area (Å²) in [4.78, 5) is 6.81. The lowest BCUT2D eigenvalue weighted by molar-refractivity contribution is -0.00485. The van der Waals surface area contributed by atoms with Crippen LogP contribution in [0.25, 0.3) is 0 Å². The molecule has 2 heterocycles. The predicted molar refractivity (Wildman–Crippen MR) is 73.7 cm³/mol. The Labute approximate surface area is 109 Å². The van der Waals surface area contributed by atoms with Crippen LogP contribution in [0.5, 0.6) is 0 Å². The van der Waals surface area contributed by atoms with Crippen molar-refractivity contribution in [2.24, 2.45) is 5.73 Å². The highest BCUT2D eigenvalue weighted by atomic mass is 16.5. The number of rotatable bonds is 3. The van der Waals surface area contributed by atoms with Crippen LogP contribution in [-0.2, 0) is 4.74 Å². The maximum Gasteiger partial charge on any atom is 0.133 e. The number of nitrogens with zero attached hydrogens (tertiary/aromatic N) is 2. The van der Waals surface area contributed by atoms with Gasteiger partial charge >= 0.3 is 0 Å². The molecule has 1 aliphatic rings. The normalized spacial score (nSPS) is 26.1. The van der Waals surface area contributed by atoms with Crippen LogP contribution in [-0.4, -0.2) is 30.8 Å². The summed E-state index contributed by atoms with van der Waals surface area (Å²) in [5.74, 6) is 1.01. The molecule has 0 amide bonds. The Bertz CT molecular complexity index is 408. The summed E-state index contributed by atoms with van der Waals surface area (Å²) in [7, 11) is 1.79. The van der Waals surface area contributed by atoms with E-state index in [0.29, 0.717) is 0 Å². The fraction of sp³-hybridized carbons (Fsp3) is 0.643. The molecule has 0 saturated carbocycles. The van der Waals surface area contributed by atoms with E-state index in [1.807, 2.05) is 19.2 Å². The van der Waals surface area contributed by atoms with Crippen LogP contribution in [0.4, 0.5) is 5.82 Å². The van der Waals surface area contributed by atoms with Crippen molar-refractivity contribution in [3.8, 4) is 0 Å². The highest BCUT2D eigenvalue weighted by Gasteiger charge is 2.32. The molecule has 1 saturated heterocycles. The van der Waals surface area contributed by atoms with Crippen molar-refractivity contribution >= 4 is 5.82 Å². The first kappa shape index (κ1) is 13.3. The van der Waals surface area contributed by atoms with Gasteiger partial charge in [-0.2, -0.15) is 0 Å². The first-order chi connectivity index (χ1) is 8.56. The molecule has 1 aliphatic heterocycles. The fourth-order valence-corrected chi connectivity index (χ4v) is 2.58. The minimum atomic E-state index is -0.0785. The number of hydrogen-bond acceptors (Lipinski definition) is 4. The van der Waals surface area contributed by atoms with Gasteiger partial charge in [0, 0.05) is 38.0 Å².